The Bertz CT molecular complexity index is 994. The molecule has 0 bridgehead atoms. The maximum absolute atomic E-state index is 12.5. The molecule has 4 rings (SSSR count). The average molecular weight is 419 g/mol. The van der Waals surface area contributed by atoms with Crippen molar-refractivity contribution in [3.8, 4) is 17.0 Å². The molecule has 1 fully saturated rings. The van der Waals surface area contributed by atoms with Crippen molar-refractivity contribution in [3.63, 3.8) is 0 Å². The summed E-state index contributed by atoms with van der Waals surface area (Å²) >= 11 is 0. The average Bonchev–Trinajstić information content (AvgIpc) is 3.21. The largest absolute Gasteiger partial charge is 0.492 e. The lowest BCUT2D eigenvalue weighted by Gasteiger charge is -2.26. The smallest absolute Gasteiger partial charge is 0.228 e. The van der Waals surface area contributed by atoms with Crippen LogP contribution in [0.2, 0.25) is 0 Å². The molecule has 1 aliphatic rings. The molecule has 1 amide bonds. The molecule has 6 heteroatoms. The molecule has 0 atom stereocenters. The van der Waals surface area contributed by atoms with Crippen LogP contribution in [-0.4, -0.2) is 46.8 Å². The second-order valence-corrected chi connectivity index (χ2v) is 8.01. The number of carbonyl (C=O) groups excluding carboxylic acids is 1. The van der Waals surface area contributed by atoms with Gasteiger partial charge in [-0.15, -0.1) is 0 Å². The molecular formula is C25H30N4O2. The quantitative estimate of drug-likeness (QED) is 0.598. The molecular weight excluding hydrogens is 388 g/mol. The van der Waals surface area contributed by atoms with Crippen molar-refractivity contribution in [1.82, 2.24) is 14.7 Å². The highest BCUT2D eigenvalue weighted by Gasteiger charge is 2.14. The minimum atomic E-state index is -0.0408. The van der Waals surface area contributed by atoms with Gasteiger partial charge in [-0.05, 0) is 55.8 Å². The fourth-order valence-corrected chi connectivity index (χ4v) is 4.03. The molecule has 0 radical (unpaired) electrons. The van der Waals surface area contributed by atoms with Crippen LogP contribution in [0.1, 0.15) is 24.8 Å². The zero-order valence-corrected chi connectivity index (χ0v) is 18.1. The number of ether oxygens (including phenoxy) is 1. The third kappa shape index (κ3) is 5.73. The summed E-state index contributed by atoms with van der Waals surface area (Å²) in [6.07, 6.45) is 6.00. The first kappa shape index (κ1) is 21.1. The normalized spacial score (nSPS) is 14.4. The van der Waals surface area contributed by atoms with Gasteiger partial charge < -0.3 is 10.1 Å². The minimum Gasteiger partial charge on any atom is -0.492 e. The van der Waals surface area contributed by atoms with Crippen molar-refractivity contribution in [3.05, 3.63) is 66.4 Å². The summed E-state index contributed by atoms with van der Waals surface area (Å²) in [4.78, 5) is 15.0. The SMILES string of the molecule is Cn1nccc1-c1cc(NC(=O)Cc2ccccc2)ccc1OCCN1CCCCC1. The number of anilines is 1. The lowest BCUT2D eigenvalue weighted by Crippen LogP contribution is -2.33. The number of nitrogens with one attached hydrogen (secondary N) is 1. The number of hydrogen-bond donors (Lipinski definition) is 1. The van der Waals surface area contributed by atoms with Gasteiger partial charge in [0.05, 0.1) is 12.1 Å². The third-order valence-electron chi connectivity index (χ3n) is 5.68. The van der Waals surface area contributed by atoms with Crippen molar-refractivity contribution in [2.45, 2.75) is 25.7 Å². The summed E-state index contributed by atoms with van der Waals surface area (Å²) in [7, 11) is 1.91. The van der Waals surface area contributed by atoms with Gasteiger partial charge >= 0.3 is 0 Å². The summed E-state index contributed by atoms with van der Waals surface area (Å²) in [5, 5.41) is 7.31. The van der Waals surface area contributed by atoms with E-state index >= 15 is 0 Å². The van der Waals surface area contributed by atoms with Gasteiger partial charge in [0, 0.05) is 31.0 Å². The zero-order chi connectivity index (χ0) is 21.5. The Balaban J connectivity index is 1.46. The van der Waals surface area contributed by atoms with Crippen LogP contribution in [0.3, 0.4) is 0 Å². The number of aryl methyl sites for hydroxylation is 1. The second kappa shape index (κ2) is 10.3. The highest BCUT2D eigenvalue weighted by Crippen LogP contribution is 2.32. The van der Waals surface area contributed by atoms with E-state index in [0.717, 1.165) is 47.9 Å². The molecule has 1 aliphatic heterocycles. The fraction of sp³-hybridized carbons (Fsp3) is 0.360. The highest BCUT2D eigenvalue weighted by molar-refractivity contribution is 5.93. The van der Waals surface area contributed by atoms with Crippen LogP contribution in [0, 0.1) is 0 Å². The van der Waals surface area contributed by atoms with E-state index in [1.54, 1.807) is 6.20 Å². The molecule has 0 saturated carbocycles. The summed E-state index contributed by atoms with van der Waals surface area (Å²) in [6.45, 7) is 3.89. The molecule has 3 aromatic rings. The molecule has 2 aromatic carbocycles. The van der Waals surface area contributed by atoms with Crippen molar-refractivity contribution in [2.75, 3.05) is 31.6 Å². The molecule has 162 valence electrons. The predicted octanol–water partition coefficient (Wildman–Crippen LogP) is 4.13. The van der Waals surface area contributed by atoms with Crippen LogP contribution in [0.5, 0.6) is 5.75 Å². The van der Waals surface area contributed by atoms with E-state index in [2.05, 4.69) is 15.3 Å². The third-order valence-corrected chi connectivity index (χ3v) is 5.68. The van der Waals surface area contributed by atoms with Crippen molar-refractivity contribution in [2.24, 2.45) is 7.05 Å². The van der Waals surface area contributed by atoms with Crippen LogP contribution in [-0.2, 0) is 18.3 Å². The van der Waals surface area contributed by atoms with Gasteiger partial charge in [-0.3, -0.25) is 14.4 Å². The number of amides is 1. The molecule has 6 nitrogen and oxygen atoms in total. The number of piperidine rings is 1. The number of aromatic nitrogens is 2. The molecule has 0 unspecified atom stereocenters. The van der Waals surface area contributed by atoms with Gasteiger partial charge in [-0.2, -0.15) is 5.10 Å². The molecule has 1 aromatic heterocycles. The maximum atomic E-state index is 12.5. The van der Waals surface area contributed by atoms with Crippen molar-refractivity contribution in [1.29, 1.82) is 0 Å². The van der Waals surface area contributed by atoms with Crippen LogP contribution >= 0.6 is 0 Å². The Morgan fingerprint density at radius 2 is 1.87 bits per heavy atom. The van der Waals surface area contributed by atoms with Crippen LogP contribution in [0.25, 0.3) is 11.3 Å². The second-order valence-electron chi connectivity index (χ2n) is 8.01. The predicted molar refractivity (Wildman–Crippen MR) is 123 cm³/mol. The first-order chi connectivity index (χ1) is 15.2. The Morgan fingerprint density at radius 3 is 2.61 bits per heavy atom. The Hall–Kier alpha value is -3.12. The number of hydrogen-bond acceptors (Lipinski definition) is 4. The number of carbonyl (C=O) groups is 1. The van der Waals surface area contributed by atoms with Gasteiger partial charge in [-0.1, -0.05) is 36.8 Å². The maximum Gasteiger partial charge on any atom is 0.228 e. The van der Waals surface area contributed by atoms with Gasteiger partial charge in [0.2, 0.25) is 5.91 Å². The number of likely N-dealkylation sites (tertiary alicyclic amines) is 1. The minimum absolute atomic E-state index is 0.0408. The number of rotatable bonds is 8. The number of nitrogens with zero attached hydrogens (tertiary/aromatic N) is 3. The van der Waals surface area contributed by atoms with Gasteiger partial charge in [0.1, 0.15) is 12.4 Å². The first-order valence-corrected chi connectivity index (χ1v) is 11.0. The van der Waals surface area contributed by atoms with E-state index in [1.165, 1.54) is 19.3 Å². The van der Waals surface area contributed by atoms with E-state index < -0.39 is 0 Å². The molecule has 0 spiro atoms. The van der Waals surface area contributed by atoms with Crippen LogP contribution in [0.4, 0.5) is 5.69 Å². The Labute approximate surface area is 183 Å². The van der Waals surface area contributed by atoms with Crippen LogP contribution in [0.15, 0.2) is 60.8 Å². The van der Waals surface area contributed by atoms with Crippen molar-refractivity contribution < 1.29 is 9.53 Å². The first-order valence-electron chi connectivity index (χ1n) is 11.0. The molecule has 1 saturated heterocycles. The van der Waals surface area contributed by atoms with E-state index in [4.69, 9.17) is 4.74 Å². The summed E-state index contributed by atoms with van der Waals surface area (Å²) in [5.74, 6) is 0.766. The standard InChI is InChI=1S/C25H30N4O2/c1-28-23(12-13-26-28)22-19-21(27-25(30)18-20-8-4-2-5-9-20)10-11-24(22)31-17-16-29-14-6-3-7-15-29/h2,4-5,8-13,19H,3,6-7,14-18H2,1H3,(H,27,30). The Morgan fingerprint density at radius 1 is 1.06 bits per heavy atom. The summed E-state index contributed by atoms with van der Waals surface area (Å²) in [6, 6.07) is 17.5. The molecule has 31 heavy (non-hydrogen) atoms. The number of benzene rings is 2. The lowest BCUT2D eigenvalue weighted by molar-refractivity contribution is -0.115. The monoisotopic (exact) mass is 418 g/mol. The van der Waals surface area contributed by atoms with Gasteiger partial charge in [-0.25, -0.2) is 0 Å². The zero-order valence-electron chi connectivity index (χ0n) is 18.1. The lowest BCUT2D eigenvalue weighted by atomic mass is 10.1. The topological polar surface area (TPSA) is 59.4 Å². The van der Waals surface area contributed by atoms with Crippen molar-refractivity contribution >= 4 is 11.6 Å². The Kier molecular flexibility index (Phi) is 6.99. The molecule has 1 N–H and O–H groups in total. The fourth-order valence-electron chi connectivity index (χ4n) is 4.03. The van der Waals surface area contributed by atoms with E-state index in [9.17, 15) is 4.79 Å². The molecule has 0 aliphatic carbocycles. The van der Waals surface area contributed by atoms with E-state index in [0.29, 0.717) is 13.0 Å². The summed E-state index contributed by atoms with van der Waals surface area (Å²) in [5.41, 5.74) is 3.62. The van der Waals surface area contributed by atoms with Gasteiger partial charge in [0.25, 0.3) is 0 Å². The van der Waals surface area contributed by atoms with Crippen LogP contribution < -0.4 is 10.1 Å². The highest BCUT2D eigenvalue weighted by atomic mass is 16.5. The van der Waals surface area contributed by atoms with E-state index in [-0.39, 0.29) is 5.91 Å². The summed E-state index contributed by atoms with van der Waals surface area (Å²) < 4.78 is 8.00. The van der Waals surface area contributed by atoms with E-state index in [1.807, 2.05) is 66.3 Å². The molecule has 2 heterocycles. The van der Waals surface area contributed by atoms with Gasteiger partial charge in [0.15, 0.2) is 0 Å².